The molecule has 0 saturated heterocycles. The van der Waals surface area contributed by atoms with Crippen molar-refractivity contribution in [2.24, 2.45) is 5.92 Å². The average Bonchev–Trinajstić information content (AvgIpc) is 2.37. The molecule has 17 heavy (non-hydrogen) atoms. The van der Waals surface area contributed by atoms with Crippen molar-refractivity contribution < 1.29 is 9.47 Å². The zero-order valence-corrected chi connectivity index (χ0v) is 11.8. The van der Waals surface area contributed by atoms with E-state index < -0.39 is 0 Å². The molecule has 0 bridgehead atoms. The molecule has 2 atom stereocenters. The summed E-state index contributed by atoms with van der Waals surface area (Å²) in [6.07, 6.45) is 2.08. The zero-order chi connectivity index (χ0) is 12.8. The minimum atomic E-state index is -0.0324. The third-order valence-electron chi connectivity index (χ3n) is 3.08. The van der Waals surface area contributed by atoms with Gasteiger partial charge in [0, 0.05) is 5.56 Å². The normalized spacial score (nSPS) is 14.2. The molecule has 0 N–H and O–H groups in total. The Balaban J connectivity index is 2.92. The summed E-state index contributed by atoms with van der Waals surface area (Å²) < 4.78 is 10.6. The molecule has 0 spiro atoms. The molecule has 0 aliphatic heterocycles. The first kappa shape index (κ1) is 14.2. The average molecular weight is 257 g/mol. The lowest BCUT2D eigenvalue weighted by atomic mass is 9.98. The summed E-state index contributed by atoms with van der Waals surface area (Å²) in [6.45, 7) is 4.39. The van der Waals surface area contributed by atoms with Gasteiger partial charge >= 0.3 is 0 Å². The van der Waals surface area contributed by atoms with Gasteiger partial charge in [0.15, 0.2) is 0 Å². The van der Waals surface area contributed by atoms with Gasteiger partial charge in [0.2, 0.25) is 0 Å². The quantitative estimate of drug-likeness (QED) is 0.702. The summed E-state index contributed by atoms with van der Waals surface area (Å²) in [5.74, 6) is 2.25. The van der Waals surface area contributed by atoms with Crippen molar-refractivity contribution in [1.29, 1.82) is 0 Å². The second kappa shape index (κ2) is 6.75. The number of alkyl halides is 1. The van der Waals surface area contributed by atoms with E-state index in [2.05, 4.69) is 13.8 Å². The monoisotopic (exact) mass is 256 g/mol. The molecule has 3 heteroatoms. The largest absolute Gasteiger partial charge is 0.497 e. The summed E-state index contributed by atoms with van der Waals surface area (Å²) in [5, 5.41) is -0.0324. The Morgan fingerprint density at radius 2 is 1.94 bits per heavy atom. The summed E-state index contributed by atoms with van der Waals surface area (Å²) >= 11 is 6.46. The first-order valence-electron chi connectivity index (χ1n) is 5.98. The molecular weight excluding hydrogens is 236 g/mol. The van der Waals surface area contributed by atoms with Crippen molar-refractivity contribution in [3.8, 4) is 11.5 Å². The summed E-state index contributed by atoms with van der Waals surface area (Å²) in [7, 11) is 3.32. The van der Waals surface area contributed by atoms with Crippen LogP contribution in [0.5, 0.6) is 11.5 Å². The van der Waals surface area contributed by atoms with Crippen LogP contribution in [-0.2, 0) is 0 Å². The molecule has 1 rings (SSSR count). The van der Waals surface area contributed by atoms with E-state index in [1.165, 1.54) is 0 Å². The predicted molar refractivity (Wildman–Crippen MR) is 72.2 cm³/mol. The van der Waals surface area contributed by atoms with Gasteiger partial charge in [-0.2, -0.15) is 0 Å². The Labute approximate surface area is 109 Å². The van der Waals surface area contributed by atoms with E-state index in [9.17, 15) is 0 Å². The Hall–Kier alpha value is -0.890. The number of benzene rings is 1. The fourth-order valence-electron chi connectivity index (χ4n) is 1.73. The van der Waals surface area contributed by atoms with Crippen molar-refractivity contribution in [3.63, 3.8) is 0 Å². The first-order chi connectivity index (χ1) is 8.12. The van der Waals surface area contributed by atoms with Crippen molar-refractivity contribution in [3.05, 3.63) is 23.8 Å². The molecule has 1 aromatic rings. The smallest absolute Gasteiger partial charge is 0.123 e. The van der Waals surface area contributed by atoms with Gasteiger partial charge in [0.05, 0.1) is 19.6 Å². The van der Waals surface area contributed by atoms with Crippen molar-refractivity contribution in [1.82, 2.24) is 0 Å². The van der Waals surface area contributed by atoms with Gasteiger partial charge < -0.3 is 9.47 Å². The third kappa shape index (κ3) is 3.81. The van der Waals surface area contributed by atoms with Crippen LogP contribution in [0.25, 0.3) is 0 Å². The number of hydrogen-bond acceptors (Lipinski definition) is 2. The summed E-state index contributed by atoms with van der Waals surface area (Å²) in [5.41, 5.74) is 1.01. The van der Waals surface area contributed by atoms with Gasteiger partial charge in [-0.25, -0.2) is 0 Å². The molecule has 2 nitrogen and oxygen atoms in total. The number of ether oxygens (including phenoxy) is 2. The van der Waals surface area contributed by atoms with E-state index >= 15 is 0 Å². The Morgan fingerprint density at radius 3 is 2.47 bits per heavy atom. The minimum Gasteiger partial charge on any atom is -0.497 e. The molecule has 0 aliphatic carbocycles. The van der Waals surface area contributed by atoms with E-state index in [1.807, 2.05) is 18.2 Å². The number of methoxy groups -OCH3 is 2. The molecule has 0 fully saturated rings. The summed E-state index contributed by atoms with van der Waals surface area (Å²) in [4.78, 5) is 0. The van der Waals surface area contributed by atoms with Crippen molar-refractivity contribution in [2.75, 3.05) is 14.2 Å². The SMILES string of the molecule is CCC(C)CC(Cl)c1cc(OC)ccc1OC. The standard InChI is InChI=1S/C14H21ClO2/c1-5-10(2)8-13(15)12-9-11(16-3)6-7-14(12)17-4/h6-7,9-10,13H,5,8H2,1-4H3. The van der Waals surface area contributed by atoms with E-state index in [0.29, 0.717) is 5.92 Å². The first-order valence-corrected chi connectivity index (χ1v) is 6.42. The fraction of sp³-hybridized carbons (Fsp3) is 0.571. The Bertz CT molecular complexity index is 352. The van der Waals surface area contributed by atoms with Crippen LogP contribution >= 0.6 is 11.6 Å². The molecule has 0 aromatic heterocycles. The molecule has 0 aliphatic rings. The highest BCUT2D eigenvalue weighted by Gasteiger charge is 2.16. The highest BCUT2D eigenvalue weighted by Crippen LogP contribution is 2.37. The van der Waals surface area contributed by atoms with Crippen LogP contribution in [0, 0.1) is 5.92 Å². The summed E-state index contributed by atoms with van der Waals surface area (Å²) in [6, 6.07) is 5.74. The maximum absolute atomic E-state index is 6.46. The van der Waals surface area contributed by atoms with Gasteiger partial charge in [-0.1, -0.05) is 20.3 Å². The number of halogens is 1. The second-order valence-corrected chi connectivity index (χ2v) is 4.85. The molecule has 96 valence electrons. The van der Waals surface area contributed by atoms with Gasteiger partial charge in [-0.3, -0.25) is 0 Å². The van der Waals surface area contributed by atoms with Crippen molar-refractivity contribution in [2.45, 2.75) is 32.1 Å². The van der Waals surface area contributed by atoms with Crippen LogP contribution in [0.4, 0.5) is 0 Å². The maximum atomic E-state index is 6.46. The molecule has 0 heterocycles. The lowest BCUT2D eigenvalue weighted by Crippen LogP contribution is -2.01. The van der Waals surface area contributed by atoms with Crippen LogP contribution < -0.4 is 9.47 Å². The molecule has 0 saturated carbocycles. The number of rotatable bonds is 6. The maximum Gasteiger partial charge on any atom is 0.123 e. The lowest BCUT2D eigenvalue weighted by Gasteiger charge is -2.18. The van der Waals surface area contributed by atoms with E-state index in [-0.39, 0.29) is 5.38 Å². The molecule has 2 unspecified atom stereocenters. The van der Waals surface area contributed by atoms with Gasteiger partial charge in [-0.15, -0.1) is 11.6 Å². The lowest BCUT2D eigenvalue weighted by molar-refractivity contribution is 0.395. The van der Waals surface area contributed by atoms with Gasteiger partial charge in [-0.05, 0) is 30.5 Å². The highest BCUT2D eigenvalue weighted by atomic mass is 35.5. The fourth-order valence-corrected chi connectivity index (χ4v) is 2.21. The number of hydrogen-bond donors (Lipinski definition) is 0. The molecular formula is C14H21ClO2. The van der Waals surface area contributed by atoms with Crippen LogP contribution in [0.1, 0.15) is 37.6 Å². The van der Waals surface area contributed by atoms with Gasteiger partial charge in [0.1, 0.15) is 11.5 Å². The van der Waals surface area contributed by atoms with Crippen LogP contribution in [0.3, 0.4) is 0 Å². The minimum absolute atomic E-state index is 0.0324. The van der Waals surface area contributed by atoms with E-state index in [4.69, 9.17) is 21.1 Å². The van der Waals surface area contributed by atoms with Crippen LogP contribution in [-0.4, -0.2) is 14.2 Å². The van der Waals surface area contributed by atoms with Crippen LogP contribution in [0.2, 0.25) is 0 Å². The van der Waals surface area contributed by atoms with Crippen LogP contribution in [0.15, 0.2) is 18.2 Å². The topological polar surface area (TPSA) is 18.5 Å². The van der Waals surface area contributed by atoms with Crippen molar-refractivity contribution >= 4 is 11.6 Å². The van der Waals surface area contributed by atoms with E-state index in [0.717, 1.165) is 29.9 Å². The highest BCUT2D eigenvalue weighted by molar-refractivity contribution is 6.21. The van der Waals surface area contributed by atoms with Gasteiger partial charge in [0.25, 0.3) is 0 Å². The Kier molecular flexibility index (Phi) is 5.63. The molecule has 0 radical (unpaired) electrons. The zero-order valence-electron chi connectivity index (χ0n) is 11.0. The van der Waals surface area contributed by atoms with E-state index in [1.54, 1.807) is 14.2 Å². The molecule has 1 aromatic carbocycles. The molecule has 0 amide bonds. The Morgan fingerprint density at radius 1 is 1.24 bits per heavy atom. The third-order valence-corrected chi connectivity index (χ3v) is 3.49. The second-order valence-electron chi connectivity index (χ2n) is 4.32. The predicted octanol–water partition coefficient (Wildman–Crippen LogP) is 4.42.